The van der Waals surface area contributed by atoms with Crippen LogP contribution in [0.1, 0.15) is 55.3 Å². The van der Waals surface area contributed by atoms with Crippen LogP contribution in [0.15, 0.2) is 18.2 Å². The summed E-state index contributed by atoms with van der Waals surface area (Å²) >= 11 is 0. The first-order chi connectivity index (χ1) is 13.7. The van der Waals surface area contributed by atoms with Gasteiger partial charge in [-0.05, 0) is 50.3 Å². The molecule has 1 N–H and O–H groups in total. The third kappa shape index (κ3) is 5.61. The van der Waals surface area contributed by atoms with Gasteiger partial charge in [0.2, 0.25) is 0 Å². The van der Waals surface area contributed by atoms with Crippen molar-refractivity contribution in [2.45, 2.75) is 57.1 Å². The molecule has 1 aliphatic heterocycles. The van der Waals surface area contributed by atoms with Gasteiger partial charge in [-0.2, -0.15) is 0 Å². The van der Waals surface area contributed by atoms with Crippen molar-refractivity contribution in [1.29, 1.82) is 0 Å². The highest BCUT2D eigenvalue weighted by atomic mass is 16.5. The molecule has 1 heterocycles. The SMILES string of the molecule is COCCCNC(=O)c1cc(OC)ccc1OC1CCN(C2CCCC2)CC1. The second-order valence-corrected chi connectivity index (χ2v) is 7.76. The maximum absolute atomic E-state index is 12.7. The Kier molecular flexibility index (Phi) is 7.98. The van der Waals surface area contributed by atoms with Gasteiger partial charge in [-0.15, -0.1) is 0 Å². The summed E-state index contributed by atoms with van der Waals surface area (Å²) in [6.07, 6.45) is 8.39. The smallest absolute Gasteiger partial charge is 0.255 e. The van der Waals surface area contributed by atoms with Gasteiger partial charge in [0.05, 0.1) is 12.7 Å². The number of benzene rings is 1. The summed E-state index contributed by atoms with van der Waals surface area (Å²) < 4.78 is 16.6. The largest absolute Gasteiger partial charge is 0.497 e. The van der Waals surface area contributed by atoms with E-state index in [9.17, 15) is 4.79 Å². The van der Waals surface area contributed by atoms with Crippen LogP contribution in [0.3, 0.4) is 0 Å². The number of hydrogen-bond acceptors (Lipinski definition) is 5. The van der Waals surface area contributed by atoms with Gasteiger partial charge in [0.1, 0.15) is 17.6 Å². The van der Waals surface area contributed by atoms with Crippen LogP contribution in [0.5, 0.6) is 11.5 Å². The van der Waals surface area contributed by atoms with Crippen molar-refractivity contribution in [2.75, 3.05) is 40.5 Å². The number of carbonyl (C=O) groups is 1. The van der Waals surface area contributed by atoms with Crippen molar-refractivity contribution >= 4 is 5.91 Å². The van der Waals surface area contributed by atoms with E-state index in [1.165, 1.54) is 25.7 Å². The highest BCUT2D eigenvalue weighted by molar-refractivity contribution is 5.97. The number of nitrogens with one attached hydrogen (secondary N) is 1. The molecule has 0 unspecified atom stereocenters. The Hall–Kier alpha value is -1.79. The summed E-state index contributed by atoms with van der Waals surface area (Å²) in [6, 6.07) is 6.24. The Balaban J connectivity index is 1.58. The molecule has 0 spiro atoms. The van der Waals surface area contributed by atoms with E-state index in [1.807, 2.05) is 12.1 Å². The molecule has 6 nitrogen and oxygen atoms in total. The third-order valence-corrected chi connectivity index (χ3v) is 5.85. The minimum Gasteiger partial charge on any atom is -0.497 e. The summed E-state index contributed by atoms with van der Waals surface area (Å²) in [4.78, 5) is 15.3. The van der Waals surface area contributed by atoms with Gasteiger partial charge in [-0.3, -0.25) is 4.79 Å². The van der Waals surface area contributed by atoms with Crippen molar-refractivity contribution in [3.63, 3.8) is 0 Å². The first kappa shape index (κ1) is 20.9. The lowest BCUT2D eigenvalue weighted by atomic mass is 10.0. The molecule has 1 saturated heterocycles. The quantitative estimate of drug-likeness (QED) is 0.656. The number of ether oxygens (including phenoxy) is 3. The van der Waals surface area contributed by atoms with E-state index in [2.05, 4.69) is 10.2 Å². The van der Waals surface area contributed by atoms with Crippen molar-refractivity contribution in [3.05, 3.63) is 23.8 Å². The third-order valence-electron chi connectivity index (χ3n) is 5.85. The summed E-state index contributed by atoms with van der Waals surface area (Å²) in [5.41, 5.74) is 0.537. The molecule has 0 bridgehead atoms. The van der Waals surface area contributed by atoms with Crippen LogP contribution in [-0.2, 0) is 4.74 Å². The topological polar surface area (TPSA) is 60.0 Å². The van der Waals surface area contributed by atoms with Gasteiger partial charge in [-0.1, -0.05) is 12.8 Å². The fourth-order valence-corrected chi connectivity index (χ4v) is 4.24. The molecule has 156 valence electrons. The molecule has 2 fully saturated rings. The minimum atomic E-state index is -0.131. The number of methoxy groups -OCH3 is 2. The lowest BCUT2D eigenvalue weighted by Gasteiger charge is -2.36. The van der Waals surface area contributed by atoms with Crippen LogP contribution in [0, 0.1) is 0 Å². The molecule has 1 amide bonds. The summed E-state index contributed by atoms with van der Waals surface area (Å²) in [7, 11) is 3.27. The molecule has 1 aromatic carbocycles. The van der Waals surface area contributed by atoms with E-state index < -0.39 is 0 Å². The zero-order valence-electron chi connectivity index (χ0n) is 17.2. The lowest BCUT2D eigenvalue weighted by molar-refractivity contribution is 0.0749. The van der Waals surface area contributed by atoms with Gasteiger partial charge in [0, 0.05) is 39.4 Å². The predicted octanol–water partition coefficient (Wildman–Crippen LogP) is 3.25. The average Bonchev–Trinajstić information content (AvgIpc) is 3.27. The highest BCUT2D eigenvalue weighted by Crippen LogP contribution is 2.30. The highest BCUT2D eigenvalue weighted by Gasteiger charge is 2.28. The molecule has 6 heteroatoms. The van der Waals surface area contributed by atoms with Gasteiger partial charge in [0.25, 0.3) is 5.91 Å². The van der Waals surface area contributed by atoms with Crippen LogP contribution in [0.4, 0.5) is 0 Å². The molecule has 2 aliphatic rings. The number of hydrogen-bond donors (Lipinski definition) is 1. The van der Waals surface area contributed by atoms with Crippen molar-refractivity contribution in [1.82, 2.24) is 10.2 Å². The zero-order valence-corrected chi connectivity index (χ0v) is 17.2. The van der Waals surface area contributed by atoms with E-state index in [1.54, 1.807) is 20.3 Å². The maximum atomic E-state index is 12.7. The van der Waals surface area contributed by atoms with Gasteiger partial charge in [-0.25, -0.2) is 0 Å². The van der Waals surface area contributed by atoms with E-state index in [0.29, 0.717) is 30.2 Å². The molecule has 0 aromatic heterocycles. The predicted molar refractivity (Wildman–Crippen MR) is 109 cm³/mol. The van der Waals surface area contributed by atoms with Crippen molar-refractivity contribution in [3.8, 4) is 11.5 Å². The Morgan fingerprint density at radius 1 is 1.14 bits per heavy atom. The Bertz CT molecular complexity index is 623. The number of amides is 1. The van der Waals surface area contributed by atoms with Gasteiger partial charge >= 0.3 is 0 Å². The first-order valence-electron chi connectivity index (χ1n) is 10.6. The molecular formula is C22H34N2O4. The number of likely N-dealkylation sites (tertiary alicyclic amines) is 1. The molecular weight excluding hydrogens is 356 g/mol. The van der Waals surface area contributed by atoms with Crippen molar-refractivity contribution in [2.24, 2.45) is 0 Å². The van der Waals surface area contributed by atoms with Crippen LogP contribution < -0.4 is 14.8 Å². The number of piperidine rings is 1. The Labute approximate surface area is 168 Å². The molecule has 0 radical (unpaired) electrons. The van der Waals surface area contributed by atoms with E-state index in [0.717, 1.165) is 38.4 Å². The van der Waals surface area contributed by atoms with E-state index in [-0.39, 0.29) is 12.0 Å². The van der Waals surface area contributed by atoms with Crippen molar-refractivity contribution < 1.29 is 19.0 Å². The fourth-order valence-electron chi connectivity index (χ4n) is 4.24. The monoisotopic (exact) mass is 390 g/mol. The number of carbonyl (C=O) groups excluding carboxylic acids is 1. The van der Waals surface area contributed by atoms with Crippen LogP contribution >= 0.6 is 0 Å². The summed E-state index contributed by atoms with van der Waals surface area (Å²) in [5, 5.41) is 2.94. The van der Waals surface area contributed by atoms with E-state index in [4.69, 9.17) is 14.2 Å². The second kappa shape index (κ2) is 10.7. The minimum absolute atomic E-state index is 0.131. The average molecular weight is 391 g/mol. The maximum Gasteiger partial charge on any atom is 0.255 e. The van der Waals surface area contributed by atoms with Gasteiger partial charge < -0.3 is 24.4 Å². The number of nitrogens with zero attached hydrogens (tertiary/aromatic N) is 1. The standard InChI is InChI=1S/C22H34N2O4/c1-26-15-5-12-23-22(25)20-16-19(27-2)8-9-21(20)28-18-10-13-24(14-11-18)17-6-3-4-7-17/h8-9,16-18H,3-7,10-15H2,1-2H3,(H,23,25). The van der Waals surface area contributed by atoms with Crippen LogP contribution in [0.25, 0.3) is 0 Å². The Morgan fingerprint density at radius 2 is 1.89 bits per heavy atom. The first-order valence-corrected chi connectivity index (χ1v) is 10.6. The van der Waals surface area contributed by atoms with Crippen LogP contribution in [-0.4, -0.2) is 63.4 Å². The molecule has 28 heavy (non-hydrogen) atoms. The normalized spacial score (nSPS) is 18.9. The summed E-state index contributed by atoms with van der Waals surface area (Å²) in [5.74, 6) is 1.17. The van der Waals surface area contributed by atoms with Crippen LogP contribution in [0.2, 0.25) is 0 Å². The van der Waals surface area contributed by atoms with Gasteiger partial charge in [0.15, 0.2) is 0 Å². The molecule has 1 aliphatic carbocycles. The summed E-state index contributed by atoms with van der Waals surface area (Å²) in [6.45, 7) is 3.37. The second-order valence-electron chi connectivity index (χ2n) is 7.76. The molecule has 1 saturated carbocycles. The molecule has 0 atom stereocenters. The van der Waals surface area contributed by atoms with E-state index >= 15 is 0 Å². The fraction of sp³-hybridized carbons (Fsp3) is 0.682. The zero-order chi connectivity index (χ0) is 19.8. The lowest BCUT2D eigenvalue weighted by Crippen LogP contribution is -2.43. The molecule has 3 rings (SSSR count). The number of rotatable bonds is 9. The molecule has 1 aromatic rings. The Morgan fingerprint density at radius 3 is 2.57 bits per heavy atom.